The van der Waals surface area contributed by atoms with Gasteiger partial charge in [-0.15, -0.1) is 0 Å². The van der Waals surface area contributed by atoms with Crippen molar-refractivity contribution in [2.45, 2.75) is 59.1 Å². The molecule has 0 N–H and O–H groups in total. The Labute approximate surface area is 374 Å². The van der Waals surface area contributed by atoms with Crippen LogP contribution in [0.2, 0.25) is 0 Å². The van der Waals surface area contributed by atoms with Gasteiger partial charge in [-0.1, -0.05) is 62.4 Å². The summed E-state index contributed by atoms with van der Waals surface area (Å²) in [6, 6.07) is 17.3. The minimum atomic E-state index is -5.10. The molecule has 2 aromatic carbocycles. The van der Waals surface area contributed by atoms with Crippen LogP contribution in [0.3, 0.4) is 0 Å². The molecule has 0 bridgehead atoms. The number of alkyl halides is 3. The van der Waals surface area contributed by atoms with E-state index in [-0.39, 0.29) is 23.5 Å². The van der Waals surface area contributed by atoms with Crippen LogP contribution < -0.4 is 4.74 Å². The Morgan fingerprint density at radius 2 is 1.17 bits per heavy atom. The number of hydrogen-bond donors (Lipinski definition) is 0. The van der Waals surface area contributed by atoms with Gasteiger partial charge in [0.1, 0.15) is 22.5 Å². The summed E-state index contributed by atoms with van der Waals surface area (Å²) in [6.45, 7) is 9.60. The maximum atomic E-state index is 12.5. The van der Waals surface area contributed by atoms with Gasteiger partial charge in [0, 0.05) is 45.8 Å². The summed E-state index contributed by atoms with van der Waals surface area (Å²) in [7, 11) is 5.86. The Hall–Kier alpha value is -6.71. The molecule has 64 heavy (non-hydrogen) atoms. The molecule has 16 heteroatoms. The molecular formula is C48H60F3N3O10. The van der Waals surface area contributed by atoms with Crippen LogP contribution in [0.1, 0.15) is 63.2 Å². The zero-order chi connectivity index (χ0) is 47.9. The summed E-state index contributed by atoms with van der Waals surface area (Å²) in [6.07, 6.45) is 13.7. The lowest BCUT2D eigenvalue weighted by molar-refractivity contribution is -0.168. The SMILES string of the molecule is CCCN(/C=C/C=C(/C(=O)OC)C(=O)c1ccccc1)CCC.CCOC(=O)/C(=C/C=C/N(C)C)C(=O)Oc1ccccc1.COC(=O)/C(=C/C=C/N1CCCCC1)C(=O)C(F)(F)F. The van der Waals surface area contributed by atoms with Gasteiger partial charge in [-0.3, -0.25) is 9.59 Å². The summed E-state index contributed by atoms with van der Waals surface area (Å²) in [5.41, 5.74) is -0.675. The van der Waals surface area contributed by atoms with Crippen LogP contribution in [0.25, 0.3) is 0 Å². The molecule has 1 aliphatic heterocycles. The van der Waals surface area contributed by atoms with Gasteiger partial charge in [0.25, 0.3) is 5.78 Å². The number of likely N-dealkylation sites (tertiary alicyclic amines) is 1. The van der Waals surface area contributed by atoms with Crippen LogP contribution in [0.4, 0.5) is 13.2 Å². The number of piperidine rings is 1. The van der Waals surface area contributed by atoms with Crippen molar-refractivity contribution in [1.82, 2.24) is 14.7 Å². The average Bonchev–Trinajstić information content (AvgIpc) is 3.28. The van der Waals surface area contributed by atoms with Gasteiger partial charge in [0.05, 0.1) is 20.8 Å². The molecule has 1 aliphatic rings. The monoisotopic (exact) mass is 895 g/mol. The van der Waals surface area contributed by atoms with Crippen molar-refractivity contribution in [2.75, 3.05) is 61.1 Å². The van der Waals surface area contributed by atoms with E-state index >= 15 is 0 Å². The maximum Gasteiger partial charge on any atom is 0.455 e. The standard InChI is InChI=1S/C19H25NO3.C16H19NO4.C13H16F3NO3/c1-4-13-20(14-5-2)15-9-12-17(19(22)23-3)18(21)16-10-7-6-8-11-16;1-4-20-15(18)14(11-8-12-17(2)3)16(19)21-13-9-6-5-7-10-13;1-20-12(19)10(11(18)13(14,15)16)6-5-9-17-7-3-2-4-8-17/h6-12,15H,4-5,13-14H2,1-3H3;5-12H,4H2,1-3H3;5-6,9H,2-4,7-8H2,1H3/b15-9+,17-12+;12-8+,14-11-;9-5+,10-6+. The van der Waals surface area contributed by atoms with Crippen molar-refractivity contribution in [3.8, 4) is 5.75 Å². The molecule has 1 heterocycles. The van der Waals surface area contributed by atoms with Crippen LogP contribution >= 0.6 is 0 Å². The van der Waals surface area contributed by atoms with Crippen molar-refractivity contribution in [3.63, 3.8) is 0 Å². The molecule has 13 nitrogen and oxygen atoms in total. The third kappa shape index (κ3) is 21.9. The molecule has 3 rings (SSSR count). The fraction of sp³-hybridized carbons (Fsp3) is 0.375. The van der Waals surface area contributed by atoms with Gasteiger partial charge < -0.3 is 33.6 Å². The number of esters is 4. The van der Waals surface area contributed by atoms with Crippen molar-refractivity contribution in [3.05, 3.63) is 138 Å². The number of allylic oxidation sites excluding steroid dienone is 6. The number of rotatable bonds is 19. The van der Waals surface area contributed by atoms with Gasteiger partial charge >= 0.3 is 30.1 Å². The predicted octanol–water partition coefficient (Wildman–Crippen LogP) is 7.98. The summed E-state index contributed by atoms with van der Waals surface area (Å²) < 4.78 is 56.0. The molecule has 1 saturated heterocycles. The van der Waals surface area contributed by atoms with E-state index in [1.165, 1.54) is 25.3 Å². The van der Waals surface area contributed by atoms with E-state index in [1.54, 1.807) is 91.0 Å². The number of carbonyl (C=O) groups excluding carboxylic acids is 6. The van der Waals surface area contributed by atoms with Crippen molar-refractivity contribution < 1.29 is 60.9 Å². The number of hydrogen-bond acceptors (Lipinski definition) is 13. The minimum Gasteiger partial charge on any atom is -0.465 e. The Balaban J connectivity index is 0.000000481. The molecule has 2 aromatic rings. The maximum absolute atomic E-state index is 12.5. The fourth-order valence-electron chi connectivity index (χ4n) is 5.41. The summed E-state index contributed by atoms with van der Waals surface area (Å²) in [5.74, 6) is -5.54. The normalized spacial score (nSPS) is 13.3. The second kappa shape index (κ2) is 31.2. The molecule has 348 valence electrons. The average molecular weight is 896 g/mol. The van der Waals surface area contributed by atoms with Gasteiger partial charge in [0.2, 0.25) is 0 Å². The first-order chi connectivity index (χ1) is 30.5. The highest BCUT2D eigenvalue weighted by Crippen LogP contribution is 2.22. The van der Waals surface area contributed by atoms with Crippen LogP contribution in [0.5, 0.6) is 5.75 Å². The number of ether oxygens (including phenoxy) is 4. The highest BCUT2D eigenvalue weighted by atomic mass is 19.4. The first kappa shape index (κ1) is 55.3. The first-order valence-corrected chi connectivity index (χ1v) is 20.7. The molecule has 0 spiro atoms. The summed E-state index contributed by atoms with van der Waals surface area (Å²) in [4.78, 5) is 76.4. The molecule has 1 fully saturated rings. The highest BCUT2D eigenvalue weighted by molar-refractivity contribution is 6.24. The zero-order valence-electron chi connectivity index (χ0n) is 37.6. The van der Waals surface area contributed by atoms with Crippen LogP contribution in [0.15, 0.2) is 132 Å². The lowest BCUT2D eigenvalue weighted by Crippen LogP contribution is -2.28. The Kier molecular flexibility index (Phi) is 26.9. The van der Waals surface area contributed by atoms with E-state index in [2.05, 4.69) is 23.5 Å². The van der Waals surface area contributed by atoms with Crippen LogP contribution in [0, 0.1) is 0 Å². The zero-order valence-corrected chi connectivity index (χ0v) is 37.6. The Bertz CT molecular complexity index is 1960. The van der Waals surface area contributed by atoms with Crippen molar-refractivity contribution >= 4 is 35.4 Å². The topological polar surface area (TPSA) is 149 Å². The number of halogens is 3. The van der Waals surface area contributed by atoms with Gasteiger partial charge in [-0.2, -0.15) is 13.2 Å². The number of benzene rings is 2. The first-order valence-electron chi connectivity index (χ1n) is 20.7. The second-order valence-corrected chi connectivity index (χ2v) is 13.8. The quantitative estimate of drug-likeness (QED) is 0.0196. The number of carbonyl (C=O) groups is 6. The van der Waals surface area contributed by atoms with Crippen molar-refractivity contribution in [1.29, 1.82) is 0 Å². The summed E-state index contributed by atoms with van der Waals surface area (Å²) >= 11 is 0. The molecule has 0 saturated carbocycles. The lowest BCUT2D eigenvalue weighted by atomic mass is 10.0. The van der Waals surface area contributed by atoms with Gasteiger partial charge in [-0.25, -0.2) is 19.2 Å². The molecule has 0 radical (unpaired) electrons. The number of nitrogens with zero attached hydrogens (tertiary/aromatic N) is 3. The molecule has 0 atom stereocenters. The van der Waals surface area contributed by atoms with E-state index in [4.69, 9.17) is 14.2 Å². The summed E-state index contributed by atoms with van der Waals surface area (Å²) in [5, 5.41) is 0. The molecule has 0 unspecified atom stereocenters. The number of methoxy groups -OCH3 is 2. The third-order valence-corrected chi connectivity index (χ3v) is 8.44. The van der Waals surface area contributed by atoms with Crippen molar-refractivity contribution in [2.24, 2.45) is 0 Å². The molecule has 0 aromatic heterocycles. The van der Waals surface area contributed by atoms with E-state index in [0.29, 0.717) is 11.3 Å². The van der Waals surface area contributed by atoms with E-state index < -0.39 is 41.4 Å². The molecule has 0 aliphatic carbocycles. The Morgan fingerprint density at radius 3 is 1.69 bits per heavy atom. The van der Waals surface area contributed by atoms with E-state index in [0.717, 1.165) is 71.5 Å². The second-order valence-electron chi connectivity index (χ2n) is 13.8. The van der Waals surface area contributed by atoms with E-state index in [1.807, 2.05) is 31.3 Å². The number of ketones is 2. The smallest absolute Gasteiger partial charge is 0.455 e. The molecule has 0 amide bonds. The largest absolute Gasteiger partial charge is 0.465 e. The van der Waals surface area contributed by atoms with Gasteiger partial charge in [0.15, 0.2) is 5.78 Å². The van der Waals surface area contributed by atoms with Gasteiger partial charge in [-0.05, 0) is 106 Å². The number of Topliss-reactive ketones (excluding diaryl/α,β-unsaturated/α-hetero) is 2. The van der Waals surface area contributed by atoms with Crippen LogP contribution in [-0.2, 0) is 38.2 Å². The predicted molar refractivity (Wildman–Crippen MR) is 238 cm³/mol. The minimum absolute atomic E-state index is 0.0305. The fourth-order valence-corrected chi connectivity index (χ4v) is 5.41. The third-order valence-electron chi connectivity index (χ3n) is 8.44. The number of para-hydroxylation sites is 1. The highest BCUT2D eigenvalue weighted by Gasteiger charge is 2.43. The van der Waals surface area contributed by atoms with Crippen LogP contribution in [-0.4, -0.2) is 117 Å². The Morgan fingerprint density at radius 1 is 0.656 bits per heavy atom. The van der Waals surface area contributed by atoms with E-state index in [9.17, 15) is 41.9 Å². The molecular weight excluding hydrogens is 836 g/mol. The lowest BCUT2D eigenvalue weighted by Gasteiger charge is -2.24.